The van der Waals surface area contributed by atoms with Crippen molar-refractivity contribution in [1.29, 1.82) is 5.26 Å². The first kappa shape index (κ1) is 7.67. The fourth-order valence-corrected chi connectivity index (χ4v) is 0.755. The molecule has 0 aliphatic heterocycles. The second-order valence-electron chi connectivity index (χ2n) is 2.31. The van der Waals surface area contributed by atoms with Gasteiger partial charge in [0.15, 0.2) is 0 Å². The number of nitriles is 1. The molecular formula is C8H7FN2. The van der Waals surface area contributed by atoms with Gasteiger partial charge in [-0.2, -0.15) is 5.26 Å². The van der Waals surface area contributed by atoms with E-state index < -0.39 is 0 Å². The molecule has 0 aliphatic rings. The van der Waals surface area contributed by atoms with E-state index in [9.17, 15) is 4.39 Å². The number of halogens is 1. The van der Waals surface area contributed by atoms with Gasteiger partial charge in [0.1, 0.15) is 17.6 Å². The SMILES string of the molecule is Cc1nc(C#N)cc(F)c1C. The lowest BCUT2D eigenvalue weighted by Gasteiger charge is -1.99. The van der Waals surface area contributed by atoms with Crippen LogP contribution in [-0.4, -0.2) is 4.98 Å². The van der Waals surface area contributed by atoms with Crippen LogP contribution in [-0.2, 0) is 0 Å². The number of pyridine rings is 1. The predicted molar refractivity (Wildman–Crippen MR) is 38.4 cm³/mol. The third kappa shape index (κ3) is 1.35. The third-order valence-corrected chi connectivity index (χ3v) is 1.57. The van der Waals surface area contributed by atoms with Crippen molar-refractivity contribution in [3.63, 3.8) is 0 Å². The highest BCUT2D eigenvalue weighted by Crippen LogP contribution is 2.09. The molecule has 1 heterocycles. The predicted octanol–water partition coefficient (Wildman–Crippen LogP) is 1.71. The van der Waals surface area contributed by atoms with E-state index in [-0.39, 0.29) is 11.5 Å². The Balaban J connectivity index is 3.35. The molecule has 1 aromatic heterocycles. The fourth-order valence-electron chi connectivity index (χ4n) is 0.755. The summed E-state index contributed by atoms with van der Waals surface area (Å²) in [6, 6.07) is 2.93. The summed E-state index contributed by atoms with van der Waals surface area (Å²) in [5, 5.41) is 8.40. The lowest BCUT2D eigenvalue weighted by molar-refractivity contribution is 0.612. The monoisotopic (exact) mass is 150 g/mol. The zero-order valence-electron chi connectivity index (χ0n) is 6.35. The molecule has 3 heteroatoms. The van der Waals surface area contributed by atoms with Crippen molar-refractivity contribution >= 4 is 0 Å². The van der Waals surface area contributed by atoms with E-state index in [2.05, 4.69) is 4.98 Å². The highest BCUT2D eigenvalue weighted by atomic mass is 19.1. The zero-order chi connectivity index (χ0) is 8.43. The molecule has 0 bridgehead atoms. The smallest absolute Gasteiger partial charge is 0.143 e. The zero-order valence-corrected chi connectivity index (χ0v) is 6.35. The standard InChI is InChI=1S/C8H7FN2/c1-5-6(2)11-7(4-10)3-8(5)9/h3H,1-2H3. The topological polar surface area (TPSA) is 36.7 Å². The van der Waals surface area contributed by atoms with Crippen molar-refractivity contribution in [2.24, 2.45) is 0 Å². The van der Waals surface area contributed by atoms with Crippen LogP contribution in [0.1, 0.15) is 17.0 Å². The molecular weight excluding hydrogens is 143 g/mol. The Morgan fingerprint density at radius 1 is 1.55 bits per heavy atom. The van der Waals surface area contributed by atoms with Crippen LogP contribution in [0.2, 0.25) is 0 Å². The van der Waals surface area contributed by atoms with Crippen LogP contribution in [0.5, 0.6) is 0 Å². The Kier molecular flexibility index (Phi) is 1.86. The van der Waals surface area contributed by atoms with Crippen LogP contribution in [0, 0.1) is 31.0 Å². The summed E-state index contributed by atoms with van der Waals surface area (Å²) in [6.45, 7) is 3.32. The first-order valence-corrected chi connectivity index (χ1v) is 3.19. The number of hydrogen-bond acceptors (Lipinski definition) is 2. The summed E-state index contributed by atoms with van der Waals surface area (Å²) in [5.74, 6) is -0.367. The molecule has 0 N–H and O–H groups in total. The molecule has 2 nitrogen and oxygen atoms in total. The minimum Gasteiger partial charge on any atom is -0.242 e. The number of hydrogen-bond donors (Lipinski definition) is 0. The van der Waals surface area contributed by atoms with Gasteiger partial charge in [0.25, 0.3) is 0 Å². The Morgan fingerprint density at radius 2 is 2.18 bits per heavy atom. The van der Waals surface area contributed by atoms with E-state index >= 15 is 0 Å². The molecule has 0 radical (unpaired) electrons. The molecule has 1 rings (SSSR count). The van der Waals surface area contributed by atoms with E-state index in [1.54, 1.807) is 19.9 Å². The van der Waals surface area contributed by atoms with Crippen LogP contribution in [0.4, 0.5) is 4.39 Å². The highest BCUT2D eigenvalue weighted by molar-refractivity contribution is 5.28. The maximum absolute atomic E-state index is 12.8. The van der Waals surface area contributed by atoms with E-state index in [4.69, 9.17) is 5.26 Å². The van der Waals surface area contributed by atoms with Crippen molar-refractivity contribution in [2.45, 2.75) is 13.8 Å². The molecule has 0 unspecified atom stereocenters. The minimum absolute atomic E-state index is 0.130. The highest BCUT2D eigenvalue weighted by Gasteiger charge is 2.03. The largest absolute Gasteiger partial charge is 0.242 e. The lowest BCUT2D eigenvalue weighted by Crippen LogP contribution is -1.94. The van der Waals surface area contributed by atoms with E-state index in [1.165, 1.54) is 0 Å². The van der Waals surface area contributed by atoms with Crippen LogP contribution in [0.25, 0.3) is 0 Å². The second kappa shape index (κ2) is 2.67. The molecule has 11 heavy (non-hydrogen) atoms. The van der Waals surface area contributed by atoms with Gasteiger partial charge in [0, 0.05) is 17.3 Å². The molecule has 0 saturated heterocycles. The van der Waals surface area contributed by atoms with Gasteiger partial charge in [0.05, 0.1) is 0 Å². The van der Waals surface area contributed by atoms with Crippen molar-refractivity contribution in [3.8, 4) is 6.07 Å². The number of rotatable bonds is 0. The molecule has 0 fully saturated rings. The Labute approximate surface area is 64.3 Å². The summed E-state index contributed by atoms with van der Waals surface area (Å²) in [7, 11) is 0. The maximum atomic E-state index is 12.8. The molecule has 0 saturated carbocycles. The van der Waals surface area contributed by atoms with Gasteiger partial charge < -0.3 is 0 Å². The third-order valence-electron chi connectivity index (χ3n) is 1.57. The van der Waals surface area contributed by atoms with Crippen molar-refractivity contribution in [2.75, 3.05) is 0 Å². The van der Waals surface area contributed by atoms with Crippen LogP contribution in [0.15, 0.2) is 6.07 Å². The van der Waals surface area contributed by atoms with Gasteiger partial charge in [-0.1, -0.05) is 0 Å². The van der Waals surface area contributed by atoms with E-state index in [0.29, 0.717) is 11.3 Å². The summed E-state index contributed by atoms with van der Waals surface area (Å²) >= 11 is 0. The normalized spacial score (nSPS) is 9.27. The van der Waals surface area contributed by atoms with Gasteiger partial charge >= 0.3 is 0 Å². The quantitative estimate of drug-likeness (QED) is 0.564. The average Bonchev–Trinajstić information content (AvgIpc) is 1.99. The van der Waals surface area contributed by atoms with E-state index in [0.717, 1.165) is 6.07 Å². The lowest BCUT2D eigenvalue weighted by atomic mass is 10.2. The van der Waals surface area contributed by atoms with Crippen molar-refractivity contribution < 1.29 is 4.39 Å². The molecule has 0 spiro atoms. The van der Waals surface area contributed by atoms with Gasteiger partial charge in [-0.3, -0.25) is 0 Å². The fraction of sp³-hybridized carbons (Fsp3) is 0.250. The van der Waals surface area contributed by atoms with Gasteiger partial charge in [-0.25, -0.2) is 9.37 Å². The van der Waals surface area contributed by atoms with Gasteiger partial charge in [-0.05, 0) is 13.8 Å². The first-order valence-electron chi connectivity index (χ1n) is 3.19. The van der Waals surface area contributed by atoms with Crippen LogP contribution < -0.4 is 0 Å². The summed E-state index contributed by atoms with van der Waals surface area (Å²) < 4.78 is 12.8. The average molecular weight is 150 g/mol. The molecule has 0 amide bonds. The molecule has 1 aromatic rings. The first-order chi connectivity index (χ1) is 5.15. The maximum Gasteiger partial charge on any atom is 0.143 e. The Morgan fingerprint density at radius 3 is 2.64 bits per heavy atom. The summed E-state index contributed by atoms with van der Waals surface area (Å²) in [6.07, 6.45) is 0. The van der Waals surface area contributed by atoms with Crippen molar-refractivity contribution in [1.82, 2.24) is 4.98 Å². The number of aromatic nitrogens is 1. The summed E-state index contributed by atoms with van der Waals surface area (Å²) in [4.78, 5) is 3.85. The minimum atomic E-state index is -0.367. The molecule has 0 aliphatic carbocycles. The molecule has 56 valence electrons. The van der Waals surface area contributed by atoms with Crippen LogP contribution in [0.3, 0.4) is 0 Å². The van der Waals surface area contributed by atoms with E-state index in [1.807, 2.05) is 0 Å². The summed E-state index contributed by atoms with van der Waals surface area (Å²) in [5.41, 5.74) is 1.20. The number of nitrogens with zero attached hydrogens (tertiary/aromatic N) is 2. The van der Waals surface area contributed by atoms with Gasteiger partial charge in [0.2, 0.25) is 0 Å². The second-order valence-corrected chi connectivity index (χ2v) is 2.31. The van der Waals surface area contributed by atoms with Crippen molar-refractivity contribution in [3.05, 3.63) is 28.8 Å². The molecule has 0 aromatic carbocycles. The number of aryl methyl sites for hydroxylation is 1. The van der Waals surface area contributed by atoms with Crippen LogP contribution >= 0.6 is 0 Å². The molecule has 0 atom stereocenters. The van der Waals surface area contributed by atoms with Gasteiger partial charge in [-0.15, -0.1) is 0 Å². The Bertz CT molecular complexity index is 302. The Hall–Kier alpha value is -1.43.